The van der Waals surface area contributed by atoms with Crippen molar-refractivity contribution in [3.8, 4) is 0 Å². The van der Waals surface area contributed by atoms with Gasteiger partial charge in [0.2, 0.25) is 0 Å². The van der Waals surface area contributed by atoms with Crippen LogP contribution in [-0.4, -0.2) is 12.1 Å². The van der Waals surface area contributed by atoms with E-state index in [0.717, 1.165) is 11.8 Å². The second-order valence-electron chi connectivity index (χ2n) is 8.75. The number of hydrogen-bond acceptors (Lipinski definition) is 1. The minimum atomic E-state index is 0.277. The predicted octanol–water partition coefficient (Wildman–Crippen LogP) is 4.23. The molecule has 0 aliphatic heterocycles. The van der Waals surface area contributed by atoms with Crippen molar-refractivity contribution in [2.24, 2.45) is 22.7 Å². The molecular weight excluding hydrogens is 206 g/mol. The Morgan fingerprint density at radius 1 is 1.12 bits per heavy atom. The van der Waals surface area contributed by atoms with Crippen molar-refractivity contribution in [2.75, 3.05) is 6.54 Å². The largest absolute Gasteiger partial charge is 0.312 e. The Kier molecular flexibility index (Phi) is 3.14. The quantitative estimate of drug-likeness (QED) is 0.758. The summed E-state index contributed by atoms with van der Waals surface area (Å²) >= 11 is 0. The molecule has 0 saturated heterocycles. The zero-order valence-corrected chi connectivity index (χ0v) is 12.7. The molecule has 1 nitrogen and oxygen atoms in total. The summed E-state index contributed by atoms with van der Waals surface area (Å²) in [5.74, 6) is 1.88. The second-order valence-corrected chi connectivity index (χ2v) is 8.75. The van der Waals surface area contributed by atoms with E-state index in [4.69, 9.17) is 0 Å². The van der Waals surface area contributed by atoms with E-state index in [9.17, 15) is 0 Å². The van der Waals surface area contributed by atoms with Gasteiger partial charge in [-0.15, -0.1) is 0 Å². The third-order valence-electron chi connectivity index (χ3n) is 4.72. The fourth-order valence-corrected chi connectivity index (χ4v) is 4.42. The van der Waals surface area contributed by atoms with Gasteiger partial charge in [0.05, 0.1) is 0 Å². The van der Waals surface area contributed by atoms with E-state index in [1.165, 1.54) is 32.2 Å². The van der Waals surface area contributed by atoms with Crippen LogP contribution >= 0.6 is 0 Å². The van der Waals surface area contributed by atoms with Crippen LogP contribution in [0.2, 0.25) is 0 Å². The van der Waals surface area contributed by atoms with Crippen LogP contribution in [0.15, 0.2) is 0 Å². The van der Waals surface area contributed by atoms with Crippen molar-refractivity contribution in [1.29, 1.82) is 0 Å². The maximum atomic E-state index is 3.70. The minimum Gasteiger partial charge on any atom is -0.312 e. The van der Waals surface area contributed by atoms with Gasteiger partial charge in [-0.05, 0) is 75.7 Å². The Hall–Kier alpha value is -0.0400. The van der Waals surface area contributed by atoms with Crippen LogP contribution in [0.4, 0.5) is 0 Å². The van der Waals surface area contributed by atoms with Gasteiger partial charge in [-0.3, -0.25) is 0 Å². The molecule has 0 radical (unpaired) electrons. The number of rotatable bonds is 2. The highest BCUT2D eigenvalue weighted by atomic mass is 15.0. The summed E-state index contributed by atoms with van der Waals surface area (Å²) in [6.45, 7) is 15.4. The molecule has 0 bridgehead atoms. The van der Waals surface area contributed by atoms with Crippen LogP contribution in [-0.2, 0) is 0 Å². The number of hydrogen-bond donors (Lipinski definition) is 1. The van der Waals surface area contributed by atoms with Gasteiger partial charge >= 0.3 is 0 Å². The van der Waals surface area contributed by atoms with Crippen LogP contribution in [0.25, 0.3) is 0 Å². The summed E-state index contributed by atoms with van der Waals surface area (Å²) in [5, 5.41) is 3.70. The van der Waals surface area contributed by atoms with Crippen LogP contribution < -0.4 is 5.32 Å². The predicted molar refractivity (Wildman–Crippen MR) is 75.1 cm³/mol. The lowest BCUT2D eigenvalue weighted by atomic mass is 9.65. The van der Waals surface area contributed by atoms with Crippen molar-refractivity contribution in [1.82, 2.24) is 5.32 Å². The Balaban J connectivity index is 1.91. The standard InChI is InChI=1S/C16H31N/c1-12-7-15(5,6)11-16(8-12)9-13(16)10-17-14(2,3)4/h12-13,17H,7-11H2,1-6H3. The zero-order valence-electron chi connectivity index (χ0n) is 12.7. The van der Waals surface area contributed by atoms with Gasteiger partial charge in [0.1, 0.15) is 0 Å². The normalized spacial score (nSPS) is 40.6. The van der Waals surface area contributed by atoms with E-state index in [-0.39, 0.29) is 5.54 Å². The summed E-state index contributed by atoms with van der Waals surface area (Å²) in [4.78, 5) is 0. The van der Waals surface area contributed by atoms with Crippen molar-refractivity contribution < 1.29 is 0 Å². The molecule has 1 N–H and O–H groups in total. The van der Waals surface area contributed by atoms with Gasteiger partial charge in [0.15, 0.2) is 0 Å². The van der Waals surface area contributed by atoms with Gasteiger partial charge in [0, 0.05) is 5.54 Å². The molecule has 17 heavy (non-hydrogen) atoms. The SMILES string of the molecule is CC1CC(C)(C)CC2(C1)CC2CNC(C)(C)C. The van der Waals surface area contributed by atoms with E-state index < -0.39 is 0 Å². The molecule has 3 atom stereocenters. The van der Waals surface area contributed by atoms with Crippen LogP contribution in [0.5, 0.6) is 0 Å². The molecule has 2 saturated carbocycles. The molecule has 2 fully saturated rings. The molecule has 0 aromatic carbocycles. The summed E-state index contributed by atoms with van der Waals surface area (Å²) in [6.07, 6.45) is 5.84. The first kappa shape index (κ1) is 13.4. The smallest absolute Gasteiger partial charge is 0.00966 e. The molecule has 0 heterocycles. The first-order valence-corrected chi connectivity index (χ1v) is 7.37. The van der Waals surface area contributed by atoms with Crippen molar-refractivity contribution in [3.05, 3.63) is 0 Å². The highest BCUT2D eigenvalue weighted by Gasteiger charge is 2.57. The lowest BCUT2D eigenvalue weighted by molar-refractivity contribution is 0.107. The number of nitrogens with one attached hydrogen (secondary N) is 1. The minimum absolute atomic E-state index is 0.277. The Morgan fingerprint density at radius 2 is 1.76 bits per heavy atom. The van der Waals surface area contributed by atoms with Gasteiger partial charge in [-0.2, -0.15) is 0 Å². The van der Waals surface area contributed by atoms with Crippen LogP contribution in [0, 0.1) is 22.7 Å². The van der Waals surface area contributed by atoms with E-state index in [1.807, 2.05) is 0 Å². The van der Waals surface area contributed by atoms with Crippen molar-refractivity contribution in [2.45, 2.75) is 72.8 Å². The third kappa shape index (κ3) is 3.24. The summed E-state index contributed by atoms with van der Waals surface area (Å²) in [7, 11) is 0. The summed E-state index contributed by atoms with van der Waals surface area (Å²) in [5.41, 5.74) is 1.56. The van der Waals surface area contributed by atoms with Gasteiger partial charge in [-0.1, -0.05) is 20.8 Å². The average Bonchev–Trinajstić information content (AvgIpc) is 2.68. The van der Waals surface area contributed by atoms with Gasteiger partial charge < -0.3 is 5.32 Å². The highest BCUT2D eigenvalue weighted by molar-refractivity contribution is 5.08. The average molecular weight is 237 g/mol. The van der Waals surface area contributed by atoms with Gasteiger partial charge in [-0.25, -0.2) is 0 Å². The van der Waals surface area contributed by atoms with Crippen molar-refractivity contribution in [3.63, 3.8) is 0 Å². The molecular formula is C16H31N. The molecule has 1 heteroatoms. The third-order valence-corrected chi connectivity index (χ3v) is 4.72. The second kappa shape index (κ2) is 3.98. The Morgan fingerprint density at radius 3 is 2.29 bits per heavy atom. The van der Waals surface area contributed by atoms with Crippen LogP contribution in [0.1, 0.15) is 67.2 Å². The maximum Gasteiger partial charge on any atom is 0.00966 e. The molecule has 100 valence electrons. The molecule has 2 rings (SSSR count). The Labute approximate surface area is 108 Å². The van der Waals surface area contributed by atoms with E-state index in [1.54, 1.807) is 0 Å². The molecule has 0 aromatic rings. The zero-order chi connectivity index (χ0) is 12.9. The monoisotopic (exact) mass is 237 g/mol. The first-order valence-electron chi connectivity index (χ1n) is 7.37. The molecule has 0 aromatic heterocycles. The van der Waals surface area contributed by atoms with E-state index >= 15 is 0 Å². The maximum absolute atomic E-state index is 3.70. The molecule has 2 aliphatic rings. The Bertz CT molecular complexity index is 286. The molecule has 1 spiro atoms. The van der Waals surface area contributed by atoms with Crippen molar-refractivity contribution >= 4 is 0 Å². The molecule has 3 unspecified atom stereocenters. The fourth-order valence-electron chi connectivity index (χ4n) is 4.42. The summed E-state index contributed by atoms with van der Waals surface area (Å²) in [6, 6.07) is 0. The topological polar surface area (TPSA) is 12.0 Å². The van der Waals surface area contributed by atoms with E-state index in [2.05, 4.69) is 46.9 Å². The first-order chi connectivity index (χ1) is 7.62. The lowest BCUT2D eigenvalue weighted by Crippen LogP contribution is -2.38. The van der Waals surface area contributed by atoms with Gasteiger partial charge in [0.25, 0.3) is 0 Å². The van der Waals surface area contributed by atoms with Crippen LogP contribution in [0.3, 0.4) is 0 Å². The molecule has 0 amide bonds. The molecule has 2 aliphatic carbocycles. The highest BCUT2D eigenvalue weighted by Crippen LogP contribution is 2.65. The fraction of sp³-hybridized carbons (Fsp3) is 1.00. The summed E-state index contributed by atoms with van der Waals surface area (Å²) < 4.78 is 0. The lowest BCUT2D eigenvalue weighted by Gasteiger charge is -2.40. The van der Waals surface area contributed by atoms with E-state index in [0.29, 0.717) is 10.8 Å².